The van der Waals surface area contributed by atoms with E-state index in [0.29, 0.717) is 48.4 Å². The molecule has 3 N–H and O–H groups in total. The summed E-state index contributed by atoms with van der Waals surface area (Å²) < 4.78 is 5.36. The van der Waals surface area contributed by atoms with E-state index in [4.69, 9.17) is 40.2 Å². The van der Waals surface area contributed by atoms with Gasteiger partial charge in [-0.1, -0.05) is 29.3 Å². The Hall–Kier alpha value is -3.77. The topological polar surface area (TPSA) is 126 Å². The zero-order valence-electron chi connectivity index (χ0n) is 19.7. The van der Waals surface area contributed by atoms with Crippen LogP contribution in [-0.2, 0) is 4.74 Å². The number of ether oxygens (including phenoxy) is 1. The van der Waals surface area contributed by atoms with E-state index in [-0.39, 0.29) is 26.9 Å². The van der Waals surface area contributed by atoms with Crippen LogP contribution in [0.5, 0.6) is 0 Å². The molecular formula is C25H21Cl2N5O5S. The molecule has 0 unspecified atom stereocenters. The highest BCUT2D eigenvalue weighted by atomic mass is 35.5. The lowest BCUT2D eigenvalue weighted by Gasteiger charge is -2.30. The first-order valence-corrected chi connectivity index (χ1v) is 12.5. The first-order valence-electron chi connectivity index (χ1n) is 11.3. The number of hydrogen-bond acceptors (Lipinski definition) is 7. The number of benzene rings is 3. The first kappa shape index (κ1) is 27.3. The molecule has 13 heteroatoms. The van der Waals surface area contributed by atoms with Gasteiger partial charge in [-0.3, -0.25) is 25.0 Å². The maximum absolute atomic E-state index is 13.1. The van der Waals surface area contributed by atoms with Crippen molar-refractivity contribution in [2.24, 2.45) is 0 Å². The lowest BCUT2D eigenvalue weighted by atomic mass is 10.1. The Kier molecular flexibility index (Phi) is 8.74. The molecule has 2 amide bonds. The van der Waals surface area contributed by atoms with Crippen molar-refractivity contribution < 1.29 is 19.2 Å². The average Bonchev–Trinajstić information content (AvgIpc) is 2.88. The maximum Gasteiger partial charge on any atom is 0.270 e. The molecule has 1 aliphatic rings. The van der Waals surface area contributed by atoms with Gasteiger partial charge < -0.3 is 20.3 Å². The van der Waals surface area contributed by atoms with E-state index in [2.05, 4.69) is 16.0 Å². The summed E-state index contributed by atoms with van der Waals surface area (Å²) in [5.74, 6) is -1.03. The van der Waals surface area contributed by atoms with Crippen LogP contribution in [0.1, 0.15) is 20.7 Å². The van der Waals surface area contributed by atoms with Gasteiger partial charge in [-0.05, 0) is 54.7 Å². The zero-order chi connectivity index (χ0) is 27.2. The molecule has 10 nitrogen and oxygen atoms in total. The minimum atomic E-state index is -0.602. The van der Waals surface area contributed by atoms with Crippen LogP contribution in [0.25, 0.3) is 0 Å². The van der Waals surface area contributed by atoms with E-state index >= 15 is 0 Å². The summed E-state index contributed by atoms with van der Waals surface area (Å²) in [7, 11) is 0. The molecule has 38 heavy (non-hydrogen) atoms. The monoisotopic (exact) mass is 573 g/mol. The van der Waals surface area contributed by atoms with Crippen molar-refractivity contribution in [3.63, 3.8) is 0 Å². The van der Waals surface area contributed by atoms with Crippen molar-refractivity contribution in [3.8, 4) is 0 Å². The number of nitro benzene ring substituents is 1. The summed E-state index contributed by atoms with van der Waals surface area (Å²) in [6.45, 7) is 2.05. The van der Waals surface area contributed by atoms with E-state index in [1.54, 1.807) is 36.4 Å². The second kappa shape index (κ2) is 12.2. The van der Waals surface area contributed by atoms with Gasteiger partial charge in [0.05, 0.1) is 40.0 Å². The van der Waals surface area contributed by atoms with E-state index in [1.807, 2.05) is 4.90 Å². The van der Waals surface area contributed by atoms with Gasteiger partial charge in [-0.25, -0.2) is 0 Å². The molecule has 0 aliphatic carbocycles. The van der Waals surface area contributed by atoms with Crippen molar-refractivity contribution in [3.05, 3.63) is 92.0 Å². The Morgan fingerprint density at radius 2 is 1.63 bits per heavy atom. The number of morpholine rings is 1. The van der Waals surface area contributed by atoms with Gasteiger partial charge in [-0.2, -0.15) is 0 Å². The lowest BCUT2D eigenvalue weighted by molar-refractivity contribution is -0.384. The highest BCUT2D eigenvalue weighted by Gasteiger charge is 2.23. The quantitative estimate of drug-likeness (QED) is 0.211. The summed E-state index contributed by atoms with van der Waals surface area (Å²) in [5, 5.41) is 20.1. The van der Waals surface area contributed by atoms with Gasteiger partial charge in [0.25, 0.3) is 17.5 Å². The Morgan fingerprint density at radius 3 is 2.32 bits per heavy atom. The molecule has 1 saturated heterocycles. The van der Waals surface area contributed by atoms with Crippen LogP contribution in [0.2, 0.25) is 10.0 Å². The van der Waals surface area contributed by atoms with Crippen LogP contribution in [0, 0.1) is 10.1 Å². The van der Waals surface area contributed by atoms with Gasteiger partial charge in [0, 0.05) is 41.6 Å². The molecule has 4 rings (SSSR count). The van der Waals surface area contributed by atoms with Crippen molar-refractivity contribution in [2.45, 2.75) is 0 Å². The molecule has 0 bridgehead atoms. The van der Waals surface area contributed by atoms with E-state index in [9.17, 15) is 19.7 Å². The highest BCUT2D eigenvalue weighted by Crippen LogP contribution is 2.27. The lowest BCUT2D eigenvalue weighted by Crippen LogP contribution is -2.39. The van der Waals surface area contributed by atoms with Crippen molar-refractivity contribution in [2.75, 3.05) is 41.8 Å². The smallest absolute Gasteiger partial charge is 0.270 e. The molecule has 0 spiro atoms. The Morgan fingerprint density at radius 1 is 0.921 bits per heavy atom. The molecule has 0 radical (unpaired) electrons. The van der Waals surface area contributed by atoms with Crippen LogP contribution < -0.4 is 20.9 Å². The largest absolute Gasteiger partial charge is 0.378 e. The van der Waals surface area contributed by atoms with Gasteiger partial charge in [-0.15, -0.1) is 0 Å². The summed E-state index contributed by atoms with van der Waals surface area (Å²) in [4.78, 5) is 38.4. The molecule has 3 aromatic carbocycles. The fraction of sp³-hybridized carbons (Fsp3) is 0.160. The van der Waals surface area contributed by atoms with Crippen LogP contribution in [0.3, 0.4) is 0 Å². The Bertz CT molecular complexity index is 1410. The third-order valence-electron chi connectivity index (χ3n) is 5.57. The van der Waals surface area contributed by atoms with Crippen LogP contribution in [0.15, 0.2) is 60.7 Å². The van der Waals surface area contributed by atoms with E-state index in [0.717, 1.165) is 0 Å². The number of non-ortho nitro benzene ring substituents is 1. The molecule has 1 fully saturated rings. The van der Waals surface area contributed by atoms with E-state index < -0.39 is 16.7 Å². The number of carbonyl (C=O) groups is 2. The number of nitro groups is 1. The van der Waals surface area contributed by atoms with E-state index in [1.165, 1.54) is 24.3 Å². The summed E-state index contributed by atoms with van der Waals surface area (Å²) in [6.07, 6.45) is 0. The number of thiocarbonyl (C=S) groups is 1. The number of nitrogens with one attached hydrogen (secondary N) is 3. The molecule has 1 aliphatic heterocycles. The number of anilines is 3. The fourth-order valence-corrected chi connectivity index (χ4v) is 4.48. The number of hydrogen-bond donors (Lipinski definition) is 3. The van der Waals surface area contributed by atoms with Gasteiger partial charge in [0.15, 0.2) is 5.11 Å². The molecule has 0 saturated carbocycles. The SMILES string of the molecule is O=C(Nc1cccc(NC(=S)NC(=O)c2cc([N+](=O)[O-])ccc2N2CCOCC2)c1)c1ccc(Cl)cc1Cl. The van der Waals surface area contributed by atoms with Crippen molar-refractivity contribution in [1.29, 1.82) is 0 Å². The summed E-state index contributed by atoms with van der Waals surface area (Å²) >= 11 is 17.3. The third kappa shape index (κ3) is 6.75. The predicted molar refractivity (Wildman–Crippen MR) is 151 cm³/mol. The number of nitrogens with zero attached hydrogens (tertiary/aromatic N) is 2. The molecular weight excluding hydrogens is 553 g/mol. The van der Waals surface area contributed by atoms with Crippen LogP contribution >= 0.6 is 35.4 Å². The summed E-state index contributed by atoms with van der Waals surface area (Å²) in [6, 6.07) is 15.4. The molecule has 0 atom stereocenters. The first-order chi connectivity index (χ1) is 18.2. The number of rotatable bonds is 6. The predicted octanol–water partition coefficient (Wildman–Crippen LogP) is 5.12. The van der Waals surface area contributed by atoms with Crippen LogP contribution in [-0.4, -0.2) is 48.2 Å². The molecule has 0 aromatic heterocycles. The van der Waals surface area contributed by atoms with Gasteiger partial charge in [0.1, 0.15) is 0 Å². The second-order valence-electron chi connectivity index (χ2n) is 8.13. The highest BCUT2D eigenvalue weighted by molar-refractivity contribution is 7.80. The Labute approximate surface area is 233 Å². The number of carbonyl (C=O) groups excluding carboxylic acids is 2. The van der Waals surface area contributed by atoms with Crippen molar-refractivity contribution >= 4 is 75.1 Å². The number of amides is 2. The Balaban J connectivity index is 1.45. The summed E-state index contributed by atoms with van der Waals surface area (Å²) in [5.41, 5.74) is 1.65. The van der Waals surface area contributed by atoms with Crippen molar-refractivity contribution in [1.82, 2.24) is 5.32 Å². The average molecular weight is 574 g/mol. The third-order valence-corrected chi connectivity index (χ3v) is 6.32. The second-order valence-corrected chi connectivity index (χ2v) is 9.38. The van der Waals surface area contributed by atoms with Crippen LogP contribution in [0.4, 0.5) is 22.7 Å². The molecule has 196 valence electrons. The number of halogens is 2. The molecule has 1 heterocycles. The molecule has 3 aromatic rings. The fourth-order valence-electron chi connectivity index (χ4n) is 3.78. The standard InChI is InChI=1S/C25H21Cl2N5O5S/c26-15-4-6-19(21(27)12-15)23(33)28-16-2-1-3-17(13-16)29-25(38)30-24(34)20-14-18(32(35)36)5-7-22(20)31-8-10-37-11-9-31/h1-7,12-14H,8-11H2,(H,28,33)(H2,29,30,34,38). The minimum Gasteiger partial charge on any atom is -0.378 e. The zero-order valence-corrected chi connectivity index (χ0v) is 22.0. The normalized spacial score (nSPS) is 12.9. The van der Waals surface area contributed by atoms with Gasteiger partial charge >= 0.3 is 0 Å². The maximum atomic E-state index is 13.1. The minimum absolute atomic E-state index is 0.0290. The van der Waals surface area contributed by atoms with Gasteiger partial charge in [0.2, 0.25) is 0 Å².